The van der Waals surface area contributed by atoms with E-state index in [4.69, 9.17) is 13.9 Å². The van der Waals surface area contributed by atoms with E-state index in [-0.39, 0.29) is 23.5 Å². The Morgan fingerprint density at radius 2 is 1.97 bits per heavy atom. The molecule has 8 nitrogen and oxygen atoms in total. The van der Waals surface area contributed by atoms with Crippen molar-refractivity contribution >= 4 is 34.1 Å². The Kier molecular flexibility index (Phi) is 5.78. The minimum absolute atomic E-state index is 0.117. The highest BCUT2D eigenvalue weighted by Crippen LogP contribution is 2.36. The third-order valence-corrected chi connectivity index (χ3v) is 6.21. The third kappa shape index (κ3) is 4.61. The number of thioether (sulfide) groups is 1. The lowest BCUT2D eigenvalue weighted by atomic mass is 10.1. The zero-order valence-corrected chi connectivity index (χ0v) is 18.6. The number of carbonyl (C=O) groups is 1. The molecule has 1 amide bonds. The molecule has 2 aromatic heterocycles. The van der Waals surface area contributed by atoms with Gasteiger partial charge in [-0.05, 0) is 19.1 Å². The van der Waals surface area contributed by atoms with Gasteiger partial charge in [0.2, 0.25) is 12.0 Å². The number of anilines is 1. The summed E-state index contributed by atoms with van der Waals surface area (Å²) in [6, 6.07) is 15.5. The molecule has 1 atom stereocenters. The Bertz CT molecular complexity index is 1240. The van der Waals surface area contributed by atoms with E-state index in [9.17, 15) is 4.79 Å². The highest BCUT2D eigenvalue weighted by atomic mass is 32.2. The van der Waals surface area contributed by atoms with Gasteiger partial charge in [-0.1, -0.05) is 53.7 Å². The van der Waals surface area contributed by atoms with E-state index in [1.165, 1.54) is 16.9 Å². The summed E-state index contributed by atoms with van der Waals surface area (Å²) in [4.78, 5) is 16.8. The molecular weight excluding hydrogens is 448 g/mol. The Hall–Kier alpha value is -3.37. The predicted octanol–water partition coefficient (Wildman–Crippen LogP) is 4.74. The van der Waals surface area contributed by atoms with E-state index in [1.807, 2.05) is 60.8 Å². The van der Waals surface area contributed by atoms with Gasteiger partial charge in [-0.15, -0.1) is 21.5 Å². The van der Waals surface area contributed by atoms with Gasteiger partial charge >= 0.3 is 0 Å². The fraction of sp³-hybridized carbons (Fsp3) is 0.182. The fourth-order valence-electron chi connectivity index (χ4n) is 3.02. The molecule has 4 aromatic rings. The third-order valence-electron chi connectivity index (χ3n) is 4.63. The average Bonchev–Trinajstić information content (AvgIpc) is 3.48. The van der Waals surface area contributed by atoms with Gasteiger partial charge in [0.25, 0.3) is 11.1 Å². The molecule has 1 aliphatic heterocycles. The summed E-state index contributed by atoms with van der Waals surface area (Å²) >= 11 is 2.53. The van der Waals surface area contributed by atoms with Crippen molar-refractivity contribution in [2.24, 2.45) is 0 Å². The first-order chi connectivity index (χ1) is 15.6. The quantitative estimate of drug-likeness (QED) is 0.407. The molecule has 1 unspecified atom stereocenters. The lowest BCUT2D eigenvalue weighted by Crippen LogP contribution is -2.21. The van der Waals surface area contributed by atoms with Crippen molar-refractivity contribution in [2.75, 3.05) is 17.7 Å². The van der Waals surface area contributed by atoms with Crippen molar-refractivity contribution in [3.8, 4) is 22.8 Å². The number of nitrogens with zero attached hydrogens (tertiary/aromatic N) is 3. The van der Waals surface area contributed by atoms with Crippen LogP contribution in [0.5, 0.6) is 11.5 Å². The number of carbonyl (C=O) groups excluding carboxylic acids is 1. The molecule has 0 saturated heterocycles. The summed E-state index contributed by atoms with van der Waals surface area (Å²) in [5.41, 5.74) is 3.03. The van der Waals surface area contributed by atoms with Crippen LogP contribution < -0.4 is 14.8 Å². The summed E-state index contributed by atoms with van der Waals surface area (Å²) < 4.78 is 17.2. The van der Waals surface area contributed by atoms with Crippen molar-refractivity contribution in [3.05, 3.63) is 65.4 Å². The average molecular weight is 467 g/mol. The van der Waals surface area contributed by atoms with E-state index in [0.29, 0.717) is 22.5 Å². The second-order valence-electron chi connectivity index (χ2n) is 7.01. The number of benzene rings is 2. The van der Waals surface area contributed by atoms with Crippen LogP contribution >= 0.6 is 23.1 Å². The Labute approximate surface area is 192 Å². The van der Waals surface area contributed by atoms with Gasteiger partial charge in [-0.25, -0.2) is 4.98 Å². The molecule has 162 valence electrons. The highest BCUT2D eigenvalue weighted by molar-refractivity contribution is 7.99. The van der Waals surface area contributed by atoms with Crippen molar-refractivity contribution in [2.45, 2.75) is 18.3 Å². The van der Waals surface area contributed by atoms with Crippen molar-refractivity contribution in [3.63, 3.8) is 0 Å². The molecule has 0 saturated carbocycles. The zero-order valence-electron chi connectivity index (χ0n) is 17.0. The predicted molar refractivity (Wildman–Crippen MR) is 121 cm³/mol. The van der Waals surface area contributed by atoms with E-state index >= 15 is 0 Å². The first kappa shape index (κ1) is 20.5. The van der Waals surface area contributed by atoms with Crippen LogP contribution in [-0.4, -0.2) is 33.4 Å². The van der Waals surface area contributed by atoms with E-state index < -0.39 is 6.10 Å². The second-order valence-corrected chi connectivity index (χ2v) is 8.80. The Balaban J connectivity index is 1.15. The molecule has 0 radical (unpaired) electrons. The fourth-order valence-corrected chi connectivity index (χ4v) is 4.33. The molecule has 0 bridgehead atoms. The molecule has 5 rings (SSSR count). The Morgan fingerprint density at radius 3 is 2.81 bits per heavy atom. The van der Waals surface area contributed by atoms with E-state index in [0.717, 1.165) is 23.0 Å². The van der Waals surface area contributed by atoms with Crippen LogP contribution in [-0.2, 0) is 4.79 Å². The van der Waals surface area contributed by atoms with Crippen LogP contribution in [0.25, 0.3) is 11.3 Å². The monoisotopic (exact) mass is 466 g/mol. The molecule has 2 aromatic carbocycles. The number of aryl methyl sites for hydroxylation is 1. The van der Waals surface area contributed by atoms with Crippen molar-refractivity contribution in [1.29, 1.82) is 0 Å². The maximum absolute atomic E-state index is 12.3. The molecule has 3 heterocycles. The molecular formula is C22H18N4O4S2. The van der Waals surface area contributed by atoms with Crippen LogP contribution in [0.4, 0.5) is 5.13 Å². The number of fused-ring (bicyclic) bond motifs is 1. The number of hydrogen-bond donors (Lipinski definition) is 1. The van der Waals surface area contributed by atoms with Gasteiger partial charge in [-0.2, -0.15) is 0 Å². The second kappa shape index (κ2) is 9.01. The van der Waals surface area contributed by atoms with E-state index in [1.54, 1.807) is 0 Å². The van der Waals surface area contributed by atoms with Gasteiger partial charge in [0.05, 0.1) is 11.4 Å². The molecule has 0 aliphatic carbocycles. The number of nitrogens with one attached hydrogen (secondary N) is 1. The number of aromatic nitrogens is 3. The molecule has 1 N–H and O–H groups in total. The normalized spacial score (nSPS) is 14.8. The largest absolute Gasteiger partial charge is 0.485 e. The number of hydrogen-bond acceptors (Lipinski definition) is 9. The minimum atomic E-state index is -0.490. The van der Waals surface area contributed by atoms with Crippen LogP contribution in [0.15, 0.2) is 63.6 Å². The summed E-state index contributed by atoms with van der Waals surface area (Å²) in [5.74, 6) is 1.54. The topological polar surface area (TPSA) is 99.4 Å². The maximum Gasteiger partial charge on any atom is 0.277 e. The van der Waals surface area contributed by atoms with Gasteiger partial charge < -0.3 is 19.2 Å². The smallest absolute Gasteiger partial charge is 0.277 e. The first-order valence-corrected chi connectivity index (χ1v) is 11.7. The van der Waals surface area contributed by atoms with Gasteiger partial charge in [0, 0.05) is 10.9 Å². The van der Waals surface area contributed by atoms with Crippen LogP contribution in [0.2, 0.25) is 0 Å². The van der Waals surface area contributed by atoms with Crippen molar-refractivity contribution in [1.82, 2.24) is 15.2 Å². The number of rotatable bonds is 6. The highest BCUT2D eigenvalue weighted by Gasteiger charge is 2.27. The lowest BCUT2D eigenvalue weighted by molar-refractivity contribution is -0.113. The Morgan fingerprint density at radius 1 is 1.16 bits per heavy atom. The minimum Gasteiger partial charge on any atom is -0.485 e. The maximum atomic E-state index is 12.3. The number of ether oxygens (including phenoxy) is 2. The molecule has 0 fully saturated rings. The zero-order chi connectivity index (χ0) is 21.9. The van der Waals surface area contributed by atoms with Gasteiger partial charge in [0.1, 0.15) is 6.61 Å². The van der Waals surface area contributed by atoms with Crippen LogP contribution in [0, 0.1) is 6.92 Å². The standard InChI is InChI=1S/C22H18N4O4S2/c1-13-6-8-14(9-7-13)15-11-31-21(23-15)24-19(27)12-32-22-26-25-20(30-22)18-10-28-16-4-2-3-5-17(16)29-18/h2-9,11,18H,10,12H2,1H3,(H,23,24,27). The summed E-state index contributed by atoms with van der Waals surface area (Å²) in [6.45, 7) is 2.31. The lowest BCUT2D eigenvalue weighted by Gasteiger charge is -2.23. The van der Waals surface area contributed by atoms with E-state index in [2.05, 4.69) is 20.5 Å². The SMILES string of the molecule is Cc1ccc(-c2csc(NC(=O)CSc3nnc(C4COc5ccccc5O4)o3)n2)cc1. The number of thiazole rings is 1. The molecule has 32 heavy (non-hydrogen) atoms. The summed E-state index contributed by atoms with van der Waals surface area (Å²) in [7, 11) is 0. The molecule has 0 spiro atoms. The number of para-hydroxylation sites is 2. The van der Waals surface area contributed by atoms with Gasteiger partial charge in [-0.3, -0.25) is 4.79 Å². The summed E-state index contributed by atoms with van der Waals surface area (Å²) in [6.07, 6.45) is -0.490. The summed E-state index contributed by atoms with van der Waals surface area (Å²) in [5, 5.41) is 13.6. The van der Waals surface area contributed by atoms with Crippen molar-refractivity contribution < 1.29 is 18.7 Å². The molecule has 10 heteroatoms. The number of amides is 1. The van der Waals surface area contributed by atoms with Crippen LogP contribution in [0.1, 0.15) is 17.6 Å². The van der Waals surface area contributed by atoms with Crippen LogP contribution in [0.3, 0.4) is 0 Å². The molecule has 1 aliphatic rings. The first-order valence-electron chi connectivity index (χ1n) is 9.81. The van der Waals surface area contributed by atoms with Gasteiger partial charge in [0.15, 0.2) is 16.6 Å².